The van der Waals surface area contributed by atoms with Crippen LogP contribution in [0.25, 0.3) is 6.08 Å². The standard InChI is InChI=1S/C9H13NS/c1-7(10)3-5-9-6-4-8(2)11-9/h3-7H,10H2,1-2H3/b5-3+. The molecule has 1 atom stereocenters. The molecule has 1 aromatic rings. The second-order valence-corrected chi connectivity index (χ2v) is 3.99. The maximum Gasteiger partial charge on any atom is 0.0270 e. The van der Waals surface area contributed by atoms with E-state index in [1.807, 2.05) is 13.0 Å². The van der Waals surface area contributed by atoms with Gasteiger partial charge in [-0.3, -0.25) is 0 Å². The molecule has 60 valence electrons. The molecule has 0 saturated carbocycles. The molecule has 0 aliphatic heterocycles. The lowest BCUT2D eigenvalue weighted by Gasteiger charge is -1.91. The average molecular weight is 167 g/mol. The van der Waals surface area contributed by atoms with E-state index in [-0.39, 0.29) is 6.04 Å². The Balaban J connectivity index is 2.64. The van der Waals surface area contributed by atoms with Crippen LogP contribution in [0.2, 0.25) is 0 Å². The Hall–Kier alpha value is -0.600. The van der Waals surface area contributed by atoms with Gasteiger partial charge in [-0.1, -0.05) is 6.08 Å². The van der Waals surface area contributed by atoms with Crippen molar-refractivity contribution < 1.29 is 0 Å². The number of rotatable bonds is 2. The Morgan fingerprint density at radius 2 is 2.27 bits per heavy atom. The summed E-state index contributed by atoms with van der Waals surface area (Å²) in [7, 11) is 0. The monoisotopic (exact) mass is 167 g/mol. The van der Waals surface area contributed by atoms with Crippen LogP contribution in [0.5, 0.6) is 0 Å². The largest absolute Gasteiger partial charge is 0.325 e. The average Bonchev–Trinajstić information content (AvgIpc) is 2.31. The summed E-state index contributed by atoms with van der Waals surface area (Å²) in [5.41, 5.74) is 5.56. The van der Waals surface area contributed by atoms with Crippen LogP contribution in [0.1, 0.15) is 16.7 Å². The van der Waals surface area contributed by atoms with Gasteiger partial charge in [-0.2, -0.15) is 0 Å². The molecule has 2 N–H and O–H groups in total. The zero-order valence-electron chi connectivity index (χ0n) is 6.87. The molecule has 0 aromatic carbocycles. The van der Waals surface area contributed by atoms with Crippen LogP contribution in [-0.4, -0.2) is 6.04 Å². The first kappa shape index (κ1) is 8.50. The van der Waals surface area contributed by atoms with Crippen LogP contribution in [0.4, 0.5) is 0 Å². The van der Waals surface area contributed by atoms with E-state index in [0.29, 0.717) is 0 Å². The fourth-order valence-corrected chi connectivity index (χ4v) is 1.58. The van der Waals surface area contributed by atoms with Gasteiger partial charge in [0.15, 0.2) is 0 Å². The lowest BCUT2D eigenvalue weighted by Crippen LogP contribution is -2.09. The smallest absolute Gasteiger partial charge is 0.0270 e. The predicted molar refractivity (Wildman–Crippen MR) is 51.7 cm³/mol. The van der Waals surface area contributed by atoms with Crippen molar-refractivity contribution in [2.45, 2.75) is 19.9 Å². The minimum absolute atomic E-state index is 0.150. The molecule has 2 heteroatoms. The first-order valence-electron chi connectivity index (χ1n) is 3.68. The molecule has 0 saturated heterocycles. The molecule has 0 radical (unpaired) electrons. The van der Waals surface area contributed by atoms with Gasteiger partial charge in [0, 0.05) is 15.8 Å². The van der Waals surface area contributed by atoms with Crippen molar-refractivity contribution in [2.75, 3.05) is 0 Å². The van der Waals surface area contributed by atoms with Crippen molar-refractivity contribution in [3.63, 3.8) is 0 Å². The lowest BCUT2D eigenvalue weighted by atomic mass is 10.3. The summed E-state index contributed by atoms with van der Waals surface area (Å²) >= 11 is 1.79. The summed E-state index contributed by atoms with van der Waals surface area (Å²) in [6.45, 7) is 4.07. The summed E-state index contributed by atoms with van der Waals surface area (Å²) in [4.78, 5) is 2.62. The van der Waals surface area contributed by atoms with Gasteiger partial charge in [-0.15, -0.1) is 11.3 Å². The SMILES string of the molecule is Cc1ccc(/C=C/C(C)N)s1. The highest BCUT2D eigenvalue weighted by Gasteiger charge is 1.90. The molecule has 11 heavy (non-hydrogen) atoms. The molecular weight excluding hydrogens is 154 g/mol. The highest BCUT2D eigenvalue weighted by Crippen LogP contribution is 2.16. The van der Waals surface area contributed by atoms with Crippen molar-refractivity contribution in [3.8, 4) is 0 Å². The van der Waals surface area contributed by atoms with Gasteiger partial charge >= 0.3 is 0 Å². The number of hydrogen-bond donors (Lipinski definition) is 1. The van der Waals surface area contributed by atoms with E-state index >= 15 is 0 Å². The molecule has 1 nitrogen and oxygen atoms in total. The molecule has 0 bridgehead atoms. The maximum atomic E-state index is 5.56. The molecule has 0 aliphatic rings. The lowest BCUT2D eigenvalue weighted by molar-refractivity contribution is 0.931. The summed E-state index contributed by atoms with van der Waals surface area (Å²) in [5, 5.41) is 0. The van der Waals surface area contributed by atoms with Crippen LogP contribution in [0, 0.1) is 6.92 Å². The molecule has 1 unspecified atom stereocenters. The Morgan fingerprint density at radius 1 is 1.55 bits per heavy atom. The normalized spacial score (nSPS) is 14.1. The Kier molecular flexibility index (Phi) is 2.85. The minimum Gasteiger partial charge on any atom is -0.325 e. The summed E-state index contributed by atoms with van der Waals surface area (Å²) in [5.74, 6) is 0. The predicted octanol–water partition coefficient (Wildman–Crippen LogP) is 2.42. The number of nitrogens with two attached hydrogens (primary N) is 1. The Bertz CT molecular complexity index is 248. The quantitative estimate of drug-likeness (QED) is 0.719. The Labute approximate surface area is 71.5 Å². The molecule has 0 spiro atoms. The van der Waals surface area contributed by atoms with E-state index in [9.17, 15) is 0 Å². The van der Waals surface area contributed by atoms with Crippen molar-refractivity contribution in [2.24, 2.45) is 5.73 Å². The number of thiophene rings is 1. The number of hydrogen-bond acceptors (Lipinski definition) is 2. The van der Waals surface area contributed by atoms with E-state index < -0.39 is 0 Å². The highest BCUT2D eigenvalue weighted by molar-refractivity contribution is 7.12. The van der Waals surface area contributed by atoms with Crippen LogP contribution in [-0.2, 0) is 0 Å². The third-order valence-corrected chi connectivity index (χ3v) is 2.29. The summed E-state index contributed by atoms with van der Waals surface area (Å²) < 4.78 is 0. The zero-order valence-corrected chi connectivity index (χ0v) is 7.69. The van der Waals surface area contributed by atoms with Gasteiger partial charge in [0.2, 0.25) is 0 Å². The molecule has 1 rings (SSSR count). The van der Waals surface area contributed by atoms with Gasteiger partial charge in [-0.05, 0) is 32.1 Å². The van der Waals surface area contributed by atoms with Crippen LogP contribution < -0.4 is 5.73 Å². The fourth-order valence-electron chi connectivity index (χ4n) is 0.790. The first-order chi connectivity index (χ1) is 5.18. The van der Waals surface area contributed by atoms with E-state index in [0.717, 1.165) is 0 Å². The highest BCUT2D eigenvalue weighted by atomic mass is 32.1. The molecular formula is C9H13NS. The van der Waals surface area contributed by atoms with Gasteiger partial charge in [0.1, 0.15) is 0 Å². The van der Waals surface area contributed by atoms with Crippen molar-refractivity contribution >= 4 is 17.4 Å². The van der Waals surface area contributed by atoms with Crippen LogP contribution in [0.3, 0.4) is 0 Å². The topological polar surface area (TPSA) is 26.0 Å². The van der Waals surface area contributed by atoms with Gasteiger partial charge in [0.05, 0.1) is 0 Å². The first-order valence-corrected chi connectivity index (χ1v) is 4.50. The van der Waals surface area contributed by atoms with Gasteiger partial charge < -0.3 is 5.73 Å². The van der Waals surface area contributed by atoms with E-state index in [1.54, 1.807) is 11.3 Å². The summed E-state index contributed by atoms with van der Waals surface area (Å²) in [6, 6.07) is 4.38. The van der Waals surface area contributed by atoms with Crippen molar-refractivity contribution in [1.29, 1.82) is 0 Å². The third-order valence-electron chi connectivity index (χ3n) is 1.33. The van der Waals surface area contributed by atoms with Gasteiger partial charge in [-0.25, -0.2) is 0 Å². The van der Waals surface area contributed by atoms with Crippen molar-refractivity contribution in [3.05, 3.63) is 28.0 Å². The minimum atomic E-state index is 0.150. The molecule has 0 fully saturated rings. The maximum absolute atomic E-state index is 5.56. The fraction of sp³-hybridized carbons (Fsp3) is 0.333. The van der Waals surface area contributed by atoms with Crippen LogP contribution in [0.15, 0.2) is 18.2 Å². The Morgan fingerprint density at radius 3 is 2.73 bits per heavy atom. The van der Waals surface area contributed by atoms with E-state index in [2.05, 4.69) is 25.1 Å². The van der Waals surface area contributed by atoms with Gasteiger partial charge in [0.25, 0.3) is 0 Å². The van der Waals surface area contributed by atoms with E-state index in [4.69, 9.17) is 5.73 Å². The van der Waals surface area contributed by atoms with E-state index in [1.165, 1.54) is 9.75 Å². The molecule has 0 amide bonds. The second kappa shape index (κ2) is 3.69. The zero-order chi connectivity index (χ0) is 8.27. The van der Waals surface area contributed by atoms with Crippen molar-refractivity contribution in [1.82, 2.24) is 0 Å². The molecule has 1 heterocycles. The molecule has 0 aliphatic carbocycles. The second-order valence-electron chi connectivity index (χ2n) is 2.67. The summed E-state index contributed by atoms with van der Waals surface area (Å²) in [6.07, 6.45) is 4.08. The third kappa shape index (κ3) is 2.87. The van der Waals surface area contributed by atoms with Crippen LogP contribution >= 0.6 is 11.3 Å². The number of aryl methyl sites for hydroxylation is 1. The molecule has 1 aromatic heterocycles.